The summed E-state index contributed by atoms with van der Waals surface area (Å²) in [6, 6.07) is 14.9. The van der Waals surface area contributed by atoms with Crippen molar-refractivity contribution in [2.75, 3.05) is 32.2 Å². The highest BCUT2D eigenvalue weighted by atomic mass is 32.1. The largest absolute Gasteiger partial charge is 0.497 e. The lowest BCUT2D eigenvalue weighted by molar-refractivity contribution is -0.136. The molecule has 0 bridgehead atoms. The number of anilines is 1. The molecule has 1 aliphatic rings. The van der Waals surface area contributed by atoms with E-state index in [9.17, 15) is 9.59 Å². The van der Waals surface area contributed by atoms with Gasteiger partial charge in [-0.3, -0.25) is 9.36 Å². The van der Waals surface area contributed by atoms with Gasteiger partial charge in [-0.15, -0.1) is 0 Å². The van der Waals surface area contributed by atoms with Crippen LogP contribution < -0.4 is 24.5 Å². The zero-order chi connectivity index (χ0) is 25.1. The number of allylic oxidation sites excluding steroid dienone is 1. The molecule has 1 atom stereocenters. The third-order valence-electron chi connectivity index (χ3n) is 6.18. The molecule has 35 heavy (non-hydrogen) atoms. The summed E-state index contributed by atoms with van der Waals surface area (Å²) >= 11 is 1.31. The Balaban J connectivity index is 1.88. The second-order valence-electron chi connectivity index (χ2n) is 8.11. The fraction of sp³-hybridized carbons (Fsp3) is 0.296. The van der Waals surface area contributed by atoms with Crippen molar-refractivity contribution in [2.24, 2.45) is 4.99 Å². The lowest BCUT2D eigenvalue weighted by Crippen LogP contribution is -2.39. The van der Waals surface area contributed by atoms with Crippen LogP contribution in [0.5, 0.6) is 5.75 Å². The van der Waals surface area contributed by atoms with Crippen LogP contribution >= 0.6 is 11.3 Å². The minimum Gasteiger partial charge on any atom is -0.497 e. The molecule has 3 aromatic rings. The number of rotatable bonds is 7. The van der Waals surface area contributed by atoms with E-state index in [0.29, 0.717) is 20.6 Å². The van der Waals surface area contributed by atoms with Crippen LogP contribution in [0.3, 0.4) is 0 Å². The van der Waals surface area contributed by atoms with Crippen molar-refractivity contribution in [3.05, 3.63) is 90.6 Å². The molecule has 2 heterocycles. The summed E-state index contributed by atoms with van der Waals surface area (Å²) in [5.74, 6) is 0.253. The van der Waals surface area contributed by atoms with Crippen LogP contribution in [-0.2, 0) is 9.53 Å². The molecule has 0 saturated heterocycles. The van der Waals surface area contributed by atoms with E-state index in [1.807, 2.05) is 54.6 Å². The molecule has 0 spiro atoms. The molecule has 0 aliphatic carbocycles. The van der Waals surface area contributed by atoms with Gasteiger partial charge in [-0.25, -0.2) is 9.79 Å². The Morgan fingerprint density at radius 1 is 1.09 bits per heavy atom. The summed E-state index contributed by atoms with van der Waals surface area (Å²) < 4.78 is 12.5. The van der Waals surface area contributed by atoms with Gasteiger partial charge < -0.3 is 14.4 Å². The number of carbonyl (C=O) groups is 1. The van der Waals surface area contributed by atoms with Crippen LogP contribution in [0.1, 0.15) is 37.9 Å². The SMILES string of the molecule is CCN(CC)c1ccc(C2C(C(=O)OC)=C(C)N=c3s/c(=C\c4ccc(OC)cc4)c(=O)n32)cc1. The minimum absolute atomic E-state index is 0.198. The number of methoxy groups -OCH3 is 2. The van der Waals surface area contributed by atoms with Crippen LogP contribution in [0.2, 0.25) is 0 Å². The van der Waals surface area contributed by atoms with Crippen LogP contribution in [0.25, 0.3) is 6.08 Å². The number of hydrogen-bond donors (Lipinski definition) is 0. The topological polar surface area (TPSA) is 73.1 Å². The lowest BCUT2D eigenvalue weighted by atomic mass is 9.95. The summed E-state index contributed by atoms with van der Waals surface area (Å²) in [5, 5.41) is 0. The molecule has 2 aromatic carbocycles. The molecule has 0 amide bonds. The number of thiazole rings is 1. The van der Waals surface area contributed by atoms with Crippen LogP contribution in [0, 0.1) is 0 Å². The third-order valence-corrected chi connectivity index (χ3v) is 7.16. The van der Waals surface area contributed by atoms with Crippen molar-refractivity contribution in [1.29, 1.82) is 0 Å². The highest BCUT2D eigenvalue weighted by Gasteiger charge is 2.33. The second kappa shape index (κ2) is 10.3. The first-order chi connectivity index (χ1) is 16.9. The summed E-state index contributed by atoms with van der Waals surface area (Å²) in [4.78, 5) is 33.9. The Hall–Kier alpha value is -3.65. The summed E-state index contributed by atoms with van der Waals surface area (Å²) in [5.41, 5.74) is 3.51. The monoisotopic (exact) mass is 491 g/mol. The van der Waals surface area contributed by atoms with Crippen molar-refractivity contribution < 1.29 is 14.3 Å². The predicted molar refractivity (Wildman–Crippen MR) is 139 cm³/mol. The van der Waals surface area contributed by atoms with Gasteiger partial charge in [0.1, 0.15) is 5.75 Å². The smallest absolute Gasteiger partial charge is 0.338 e. The molecule has 8 heteroatoms. The van der Waals surface area contributed by atoms with Crippen LogP contribution in [0.15, 0.2) is 69.6 Å². The number of nitrogens with zero attached hydrogens (tertiary/aromatic N) is 3. The van der Waals surface area contributed by atoms with Gasteiger partial charge in [0.05, 0.1) is 36.1 Å². The van der Waals surface area contributed by atoms with Gasteiger partial charge in [0, 0.05) is 18.8 Å². The number of fused-ring (bicyclic) bond motifs is 1. The van der Waals surface area contributed by atoms with Crippen molar-refractivity contribution in [3.8, 4) is 5.75 Å². The molecule has 1 aliphatic heterocycles. The van der Waals surface area contributed by atoms with Crippen molar-refractivity contribution in [3.63, 3.8) is 0 Å². The van der Waals surface area contributed by atoms with Gasteiger partial charge in [-0.2, -0.15) is 0 Å². The number of aromatic nitrogens is 1. The minimum atomic E-state index is -0.623. The standard InChI is InChI=1S/C27H29N3O4S/c1-6-29(7-2)20-12-10-19(11-13-20)24-23(26(32)34-5)17(3)28-27-30(24)25(31)22(35-27)16-18-8-14-21(33-4)15-9-18/h8-16,24H,6-7H2,1-5H3/b22-16-. The Morgan fingerprint density at radius 2 is 1.74 bits per heavy atom. The van der Waals surface area contributed by atoms with E-state index in [-0.39, 0.29) is 5.56 Å². The van der Waals surface area contributed by atoms with E-state index < -0.39 is 12.0 Å². The molecule has 0 radical (unpaired) electrons. The van der Waals surface area contributed by atoms with Crippen molar-refractivity contribution in [1.82, 2.24) is 4.57 Å². The average molecular weight is 492 g/mol. The Labute approximate surface area is 208 Å². The zero-order valence-electron chi connectivity index (χ0n) is 20.6. The van der Waals surface area contributed by atoms with E-state index in [2.05, 4.69) is 23.7 Å². The molecule has 1 aromatic heterocycles. The summed E-state index contributed by atoms with van der Waals surface area (Å²) in [6.45, 7) is 7.79. The fourth-order valence-electron chi connectivity index (χ4n) is 4.32. The molecule has 182 valence electrons. The van der Waals surface area contributed by atoms with E-state index in [0.717, 1.165) is 35.7 Å². The van der Waals surface area contributed by atoms with Gasteiger partial charge in [0.25, 0.3) is 5.56 Å². The molecule has 1 unspecified atom stereocenters. The number of carbonyl (C=O) groups excluding carboxylic acids is 1. The highest BCUT2D eigenvalue weighted by molar-refractivity contribution is 7.07. The second-order valence-corrected chi connectivity index (χ2v) is 9.12. The van der Waals surface area contributed by atoms with Crippen molar-refractivity contribution in [2.45, 2.75) is 26.8 Å². The molecule has 0 saturated carbocycles. The summed E-state index contributed by atoms with van der Waals surface area (Å²) in [6.07, 6.45) is 1.83. The van der Waals surface area contributed by atoms with Gasteiger partial charge in [-0.05, 0) is 62.2 Å². The third kappa shape index (κ3) is 4.66. The summed E-state index contributed by atoms with van der Waals surface area (Å²) in [7, 11) is 2.96. The van der Waals surface area contributed by atoms with Crippen molar-refractivity contribution >= 4 is 29.1 Å². The number of ether oxygens (including phenoxy) is 2. The van der Waals surface area contributed by atoms with Gasteiger partial charge >= 0.3 is 5.97 Å². The Kier molecular flexibility index (Phi) is 7.21. The van der Waals surface area contributed by atoms with E-state index in [1.54, 1.807) is 18.6 Å². The first kappa shape index (κ1) is 24.5. The normalized spacial score (nSPS) is 15.5. The lowest BCUT2D eigenvalue weighted by Gasteiger charge is -2.26. The molecule has 0 fully saturated rings. The number of esters is 1. The molecule has 0 N–H and O–H groups in total. The van der Waals surface area contributed by atoms with Gasteiger partial charge in [0.15, 0.2) is 4.80 Å². The number of benzene rings is 2. The molecular formula is C27H29N3O4S. The predicted octanol–water partition coefficient (Wildman–Crippen LogP) is 3.26. The van der Waals surface area contributed by atoms with Crippen LogP contribution in [0.4, 0.5) is 5.69 Å². The van der Waals surface area contributed by atoms with E-state index >= 15 is 0 Å². The first-order valence-electron chi connectivity index (χ1n) is 11.5. The van der Waals surface area contributed by atoms with Gasteiger partial charge in [0.2, 0.25) is 0 Å². The Morgan fingerprint density at radius 3 is 2.31 bits per heavy atom. The first-order valence-corrected chi connectivity index (χ1v) is 12.3. The maximum atomic E-state index is 13.6. The van der Waals surface area contributed by atoms with E-state index in [1.165, 1.54) is 18.4 Å². The molecular weight excluding hydrogens is 462 g/mol. The zero-order valence-corrected chi connectivity index (χ0v) is 21.4. The van der Waals surface area contributed by atoms with Crippen LogP contribution in [-0.4, -0.2) is 37.8 Å². The quantitative estimate of drug-likeness (QED) is 0.475. The maximum Gasteiger partial charge on any atom is 0.338 e. The molecule has 4 rings (SSSR count). The number of hydrogen-bond acceptors (Lipinski definition) is 7. The Bertz CT molecular complexity index is 1430. The van der Waals surface area contributed by atoms with Gasteiger partial charge in [-0.1, -0.05) is 35.6 Å². The molecule has 7 nitrogen and oxygen atoms in total. The fourth-order valence-corrected chi connectivity index (χ4v) is 5.36. The highest BCUT2D eigenvalue weighted by Crippen LogP contribution is 2.31. The van der Waals surface area contributed by atoms with E-state index in [4.69, 9.17) is 9.47 Å². The maximum absolute atomic E-state index is 13.6. The average Bonchev–Trinajstić information content (AvgIpc) is 3.18.